The van der Waals surface area contributed by atoms with E-state index in [1.807, 2.05) is 0 Å². The highest BCUT2D eigenvalue weighted by Crippen LogP contribution is 2.25. The lowest BCUT2D eigenvalue weighted by atomic mass is 10.2. The van der Waals surface area contributed by atoms with Crippen LogP contribution in [0.5, 0.6) is 5.75 Å². The van der Waals surface area contributed by atoms with Crippen LogP contribution in [0.2, 0.25) is 5.02 Å². The zero-order chi connectivity index (χ0) is 15.9. The summed E-state index contributed by atoms with van der Waals surface area (Å²) in [6, 6.07) is 11.0. The molecule has 0 spiro atoms. The Bertz CT molecular complexity index is 649. The third-order valence-corrected chi connectivity index (χ3v) is 3.64. The molecular formula is C16H14BrClFNO2. The van der Waals surface area contributed by atoms with E-state index in [4.69, 9.17) is 16.3 Å². The summed E-state index contributed by atoms with van der Waals surface area (Å²) in [6.45, 7) is 0.382. The first-order valence-electron chi connectivity index (χ1n) is 6.68. The topological polar surface area (TPSA) is 38.3 Å². The van der Waals surface area contributed by atoms with Crippen molar-refractivity contribution < 1.29 is 13.9 Å². The molecule has 0 heterocycles. The normalized spacial score (nSPS) is 10.3. The Hall–Kier alpha value is -1.59. The molecule has 6 heteroatoms. The van der Waals surface area contributed by atoms with Crippen LogP contribution in [0.15, 0.2) is 46.9 Å². The highest BCUT2D eigenvalue weighted by molar-refractivity contribution is 9.10. The summed E-state index contributed by atoms with van der Waals surface area (Å²) in [5, 5.41) is 3.22. The maximum absolute atomic E-state index is 12.7. The molecule has 116 valence electrons. The molecule has 1 amide bonds. The summed E-state index contributed by atoms with van der Waals surface area (Å²) in [7, 11) is 0. The molecule has 0 unspecified atom stereocenters. The molecule has 0 aliphatic rings. The Labute approximate surface area is 141 Å². The molecule has 0 atom stereocenters. The van der Waals surface area contributed by atoms with Gasteiger partial charge in [0.05, 0.1) is 17.3 Å². The number of amides is 1. The van der Waals surface area contributed by atoms with E-state index in [1.54, 1.807) is 30.3 Å². The van der Waals surface area contributed by atoms with Crippen molar-refractivity contribution in [1.29, 1.82) is 0 Å². The van der Waals surface area contributed by atoms with Crippen molar-refractivity contribution in [2.24, 2.45) is 0 Å². The summed E-state index contributed by atoms with van der Waals surface area (Å²) < 4.78 is 19.0. The van der Waals surface area contributed by atoms with Crippen molar-refractivity contribution in [3.05, 3.63) is 57.8 Å². The molecule has 0 aromatic heterocycles. The minimum Gasteiger partial charge on any atom is -0.494 e. The Kier molecular flexibility index (Phi) is 6.21. The first kappa shape index (κ1) is 16.8. The fraction of sp³-hybridized carbons (Fsp3) is 0.188. The van der Waals surface area contributed by atoms with Crippen LogP contribution in [-0.4, -0.2) is 12.5 Å². The molecule has 0 fully saturated rings. The molecule has 0 aliphatic carbocycles. The van der Waals surface area contributed by atoms with Gasteiger partial charge in [-0.25, -0.2) is 4.39 Å². The second-order valence-electron chi connectivity index (χ2n) is 4.58. The van der Waals surface area contributed by atoms with Crippen LogP contribution in [0, 0.1) is 5.82 Å². The summed E-state index contributed by atoms with van der Waals surface area (Å²) in [4.78, 5) is 11.8. The summed E-state index contributed by atoms with van der Waals surface area (Å²) in [6.07, 6.45) is 0.866. The van der Waals surface area contributed by atoms with Crippen molar-refractivity contribution in [2.75, 3.05) is 11.9 Å². The maximum atomic E-state index is 12.7. The molecule has 0 saturated carbocycles. The number of hydrogen-bond donors (Lipinski definition) is 1. The lowest BCUT2D eigenvalue weighted by Gasteiger charge is -2.08. The van der Waals surface area contributed by atoms with Crippen LogP contribution in [0.4, 0.5) is 10.1 Å². The predicted octanol–water partition coefficient (Wildman–Crippen LogP) is 5.04. The molecule has 0 radical (unpaired) electrons. The molecule has 2 rings (SSSR count). The minimum atomic E-state index is -0.307. The minimum absolute atomic E-state index is 0.132. The fourth-order valence-corrected chi connectivity index (χ4v) is 2.48. The van der Waals surface area contributed by atoms with Crippen molar-refractivity contribution in [1.82, 2.24) is 0 Å². The number of ether oxygens (including phenoxy) is 1. The molecule has 1 N–H and O–H groups in total. The average Bonchev–Trinajstić information content (AvgIpc) is 2.48. The van der Waals surface area contributed by atoms with Crippen LogP contribution in [0.1, 0.15) is 12.8 Å². The third kappa shape index (κ3) is 5.31. The molecular weight excluding hydrogens is 373 g/mol. The van der Waals surface area contributed by atoms with Gasteiger partial charge in [-0.3, -0.25) is 4.79 Å². The smallest absolute Gasteiger partial charge is 0.224 e. The van der Waals surface area contributed by atoms with Crippen molar-refractivity contribution in [3.63, 3.8) is 0 Å². The number of nitrogens with one attached hydrogen (secondary N) is 1. The van der Waals surface area contributed by atoms with Crippen LogP contribution in [-0.2, 0) is 4.79 Å². The Balaban J connectivity index is 1.72. The molecule has 0 aliphatic heterocycles. The summed E-state index contributed by atoms with van der Waals surface area (Å²) in [5.41, 5.74) is 0.578. The second-order valence-corrected chi connectivity index (χ2v) is 5.90. The molecule has 0 bridgehead atoms. The zero-order valence-electron chi connectivity index (χ0n) is 11.6. The van der Waals surface area contributed by atoms with Gasteiger partial charge < -0.3 is 10.1 Å². The lowest BCUT2D eigenvalue weighted by molar-refractivity contribution is -0.116. The van der Waals surface area contributed by atoms with Gasteiger partial charge in [-0.2, -0.15) is 0 Å². The first-order valence-corrected chi connectivity index (χ1v) is 7.85. The molecule has 0 saturated heterocycles. The molecule has 2 aromatic carbocycles. The monoisotopic (exact) mass is 385 g/mol. The van der Waals surface area contributed by atoms with Gasteiger partial charge in [0, 0.05) is 10.9 Å². The van der Waals surface area contributed by atoms with E-state index in [9.17, 15) is 9.18 Å². The zero-order valence-corrected chi connectivity index (χ0v) is 14.0. The highest BCUT2D eigenvalue weighted by atomic mass is 79.9. The van der Waals surface area contributed by atoms with Crippen LogP contribution in [0.3, 0.4) is 0 Å². The van der Waals surface area contributed by atoms with Crippen LogP contribution in [0.25, 0.3) is 0 Å². The average molecular weight is 387 g/mol. The largest absolute Gasteiger partial charge is 0.494 e. The molecule has 2 aromatic rings. The van der Waals surface area contributed by atoms with Gasteiger partial charge >= 0.3 is 0 Å². The van der Waals surface area contributed by atoms with E-state index in [-0.39, 0.29) is 11.7 Å². The number of halogens is 3. The Morgan fingerprint density at radius 2 is 1.95 bits per heavy atom. The summed E-state index contributed by atoms with van der Waals surface area (Å²) >= 11 is 9.33. The number of rotatable bonds is 6. The number of carbonyl (C=O) groups excluding carboxylic acids is 1. The van der Waals surface area contributed by atoms with Crippen LogP contribution < -0.4 is 10.1 Å². The number of hydrogen-bond acceptors (Lipinski definition) is 2. The van der Waals surface area contributed by atoms with Gasteiger partial charge in [-0.15, -0.1) is 0 Å². The molecule has 22 heavy (non-hydrogen) atoms. The maximum Gasteiger partial charge on any atom is 0.224 e. The molecule has 3 nitrogen and oxygen atoms in total. The third-order valence-electron chi connectivity index (χ3n) is 2.84. The van der Waals surface area contributed by atoms with E-state index in [0.29, 0.717) is 35.9 Å². The van der Waals surface area contributed by atoms with Gasteiger partial charge in [0.1, 0.15) is 11.6 Å². The van der Waals surface area contributed by atoms with E-state index < -0.39 is 0 Å². The Morgan fingerprint density at radius 1 is 1.23 bits per heavy atom. The van der Waals surface area contributed by atoms with Gasteiger partial charge in [0.15, 0.2) is 0 Å². The van der Waals surface area contributed by atoms with Crippen LogP contribution >= 0.6 is 27.5 Å². The quantitative estimate of drug-likeness (QED) is 0.706. The van der Waals surface area contributed by atoms with Gasteiger partial charge in [0.2, 0.25) is 5.91 Å². The first-order chi connectivity index (χ1) is 10.5. The van der Waals surface area contributed by atoms with E-state index in [1.165, 1.54) is 12.1 Å². The van der Waals surface area contributed by atoms with Crippen molar-refractivity contribution in [3.8, 4) is 5.75 Å². The number of carbonyl (C=O) groups is 1. The van der Waals surface area contributed by atoms with Gasteiger partial charge in [-0.05, 0) is 48.9 Å². The van der Waals surface area contributed by atoms with E-state index >= 15 is 0 Å². The number of anilines is 1. The predicted molar refractivity (Wildman–Crippen MR) is 88.9 cm³/mol. The van der Waals surface area contributed by atoms with E-state index in [2.05, 4.69) is 21.2 Å². The Morgan fingerprint density at radius 3 is 2.64 bits per heavy atom. The lowest BCUT2D eigenvalue weighted by Crippen LogP contribution is -2.13. The fourth-order valence-electron chi connectivity index (χ4n) is 1.76. The summed E-state index contributed by atoms with van der Waals surface area (Å²) in [5.74, 6) is 0.141. The second kappa shape index (κ2) is 8.15. The number of benzene rings is 2. The van der Waals surface area contributed by atoms with E-state index in [0.717, 1.165) is 4.47 Å². The SMILES string of the molecule is O=C(CCCOc1ccc(F)cc1)Nc1ccc(Br)cc1Cl. The van der Waals surface area contributed by atoms with Crippen molar-refractivity contribution >= 4 is 39.1 Å². The highest BCUT2D eigenvalue weighted by Gasteiger charge is 2.06. The van der Waals surface area contributed by atoms with Gasteiger partial charge in [-0.1, -0.05) is 27.5 Å². The van der Waals surface area contributed by atoms with Crippen molar-refractivity contribution in [2.45, 2.75) is 12.8 Å². The standard InChI is InChI=1S/C16H14BrClFNO2/c17-11-3-8-15(14(18)10-11)20-16(21)2-1-9-22-13-6-4-12(19)5-7-13/h3-8,10H,1-2,9H2,(H,20,21). The van der Waals surface area contributed by atoms with Gasteiger partial charge in [0.25, 0.3) is 0 Å².